The smallest absolute Gasteiger partial charge is 0.100 e. The summed E-state index contributed by atoms with van der Waals surface area (Å²) in [6.07, 6.45) is -0.245. The van der Waals surface area contributed by atoms with Gasteiger partial charge in [0, 0.05) is 19.3 Å². The fourth-order valence-corrected chi connectivity index (χ4v) is 0.740. The van der Waals surface area contributed by atoms with E-state index >= 15 is 0 Å². The minimum Gasteiger partial charge on any atom is -0.397 e. The lowest BCUT2D eigenvalue weighted by molar-refractivity contribution is 0.0222. The summed E-state index contributed by atoms with van der Waals surface area (Å²) in [5.41, 5.74) is 0. The second-order valence-electron chi connectivity index (χ2n) is 6.33. The van der Waals surface area contributed by atoms with Crippen molar-refractivity contribution in [1.29, 1.82) is 0 Å². The second kappa shape index (κ2) is 70.7. The SMILES string of the molecule is CC(C)O.CCCO.CCO.OCC(O)CO.OCCO.OCCOCCO.OCCOCCOCCO. The molecule has 0 saturated heterocycles. The van der Waals surface area contributed by atoms with Gasteiger partial charge in [0.2, 0.25) is 0 Å². The molecule has 0 spiro atoms. The Kier molecular flexibility index (Phi) is 99.8. The van der Waals surface area contributed by atoms with Gasteiger partial charge < -0.3 is 75.5 Å². The molecule has 0 aliphatic carbocycles. The first kappa shape index (κ1) is 53.6. The van der Waals surface area contributed by atoms with Crippen LogP contribution in [0.4, 0.5) is 0 Å². The van der Waals surface area contributed by atoms with Gasteiger partial charge in [0.15, 0.2) is 0 Å². The molecule has 0 bridgehead atoms. The van der Waals surface area contributed by atoms with Crippen LogP contribution in [0.3, 0.4) is 0 Å². The molecule has 0 unspecified atom stereocenters. The molecule has 0 heterocycles. The van der Waals surface area contributed by atoms with Crippen LogP contribution in [0.15, 0.2) is 0 Å². The van der Waals surface area contributed by atoms with Gasteiger partial charge in [-0.15, -0.1) is 0 Å². The van der Waals surface area contributed by atoms with Crippen LogP contribution in [0.5, 0.6) is 0 Å². The zero-order valence-corrected chi connectivity index (χ0v) is 23.8. The molecule has 0 radical (unpaired) electrons. The molecular formula is C23H60O15. The van der Waals surface area contributed by atoms with E-state index in [1.165, 1.54) is 0 Å². The predicted octanol–water partition coefficient (Wildman–Crippen LogP) is -3.93. The molecule has 0 aromatic heterocycles. The summed E-state index contributed by atoms with van der Waals surface area (Å²) in [5, 5.41) is 95.5. The summed E-state index contributed by atoms with van der Waals surface area (Å²) in [5.74, 6) is 0. The lowest BCUT2D eigenvalue weighted by Gasteiger charge is -2.01. The van der Waals surface area contributed by atoms with E-state index in [1.807, 2.05) is 6.92 Å². The van der Waals surface area contributed by atoms with Gasteiger partial charge in [0.1, 0.15) is 6.10 Å². The van der Waals surface area contributed by atoms with E-state index in [0.717, 1.165) is 6.42 Å². The Bertz CT molecular complexity index is 252. The maximum Gasteiger partial charge on any atom is 0.100 e. The standard InChI is InChI=1S/C6H14O4.C4H10O3.C3H8O3.2C3H8O.C2H6O2.C2H6O/c7-1-3-9-5-6-10-4-2-8;5-1-3-7-4-2-6;4-1-3(6)2-5;1-3(2)4;1-2-3-4;3-1-2-4;1-2-3/h7-8H,1-6H2;5-6H,1-4H2;3-6H,1-2H2;3-4H,1-2H3;4H,2-3H2,1H3;3-4H,1-2H2;3H,2H2,1H3. The Morgan fingerprint density at radius 3 is 0.763 bits per heavy atom. The molecule has 0 aromatic rings. The second-order valence-corrected chi connectivity index (χ2v) is 6.33. The van der Waals surface area contributed by atoms with Crippen LogP contribution in [-0.2, 0) is 14.2 Å². The molecule has 0 amide bonds. The Labute approximate surface area is 228 Å². The molecule has 0 atom stereocenters. The molecule has 0 rings (SSSR count). The normalized spacial score (nSPS) is 9.00. The molecule has 12 N–H and O–H groups in total. The third-order valence-corrected chi connectivity index (χ3v) is 2.06. The maximum atomic E-state index is 8.26. The van der Waals surface area contributed by atoms with Crippen LogP contribution < -0.4 is 0 Å². The molecular weight excluding hydrogens is 516 g/mol. The van der Waals surface area contributed by atoms with Crippen molar-refractivity contribution in [1.82, 2.24) is 0 Å². The fourth-order valence-electron chi connectivity index (χ4n) is 0.740. The van der Waals surface area contributed by atoms with Gasteiger partial charge in [-0.25, -0.2) is 0 Å². The largest absolute Gasteiger partial charge is 0.397 e. The molecule has 38 heavy (non-hydrogen) atoms. The Morgan fingerprint density at radius 1 is 0.447 bits per heavy atom. The summed E-state index contributed by atoms with van der Waals surface area (Å²) in [4.78, 5) is 0. The molecule has 0 saturated carbocycles. The average molecular weight is 577 g/mol. The van der Waals surface area contributed by atoms with Crippen molar-refractivity contribution in [3.05, 3.63) is 0 Å². The van der Waals surface area contributed by atoms with Crippen LogP contribution in [-0.4, -0.2) is 179 Å². The minimum atomic E-state index is -0.954. The lowest BCUT2D eigenvalue weighted by Crippen LogP contribution is -2.15. The first-order valence-electron chi connectivity index (χ1n) is 12.3. The zero-order valence-electron chi connectivity index (χ0n) is 23.8. The highest BCUT2D eigenvalue weighted by Gasteiger charge is 1.93. The fraction of sp³-hybridized carbons (Fsp3) is 1.00. The zero-order chi connectivity index (χ0) is 31.3. The predicted molar refractivity (Wildman–Crippen MR) is 143 cm³/mol. The van der Waals surface area contributed by atoms with Gasteiger partial charge in [-0.1, -0.05) is 6.92 Å². The molecule has 15 heteroatoms. The van der Waals surface area contributed by atoms with Gasteiger partial charge >= 0.3 is 0 Å². The lowest BCUT2D eigenvalue weighted by atomic mass is 10.4. The average Bonchev–Trinajstić information content (AvgIpc) is 2.91. The molecule has 15 nitrogen and oxygen atoms in total. The number of rotatable bonds is 15. The summed E-state index contributed by atoms with van der Waals surface area (Å²) >= 11 is 0. The molecule has 0 aromatic carbocycles. The van der Waals surface area contributed by atoms with E-state index in [1.54, 1.807) is 20.8 Å². The Hall–Kier alpha value is -0.600. The quantitative estimate of drug-likeness (QED) is 0.0830. The number of aliphatic hydroxyl groups is 12. The maximum absolute atomic E-state index is 8.26. The Balaban J connectivity index is -0.0000000616. The first-order valence-corrected chi connectivity index (χ1v) is 12.3. The van der Waals surface area contributed by atoms with Gasteiger partial charge in [0.25, 0.3) is 0 Å². The van der Waals surface area contributed by atoms with Gasteiger partial charge in [-0.05, 0) is 27.2 Å². The molecule has 0 aliphatic rings. The van der Waals surface area contributed by atoms with Crippen molar-refractivity contribution in [2.75, 3.05) is 106 Å². The van der Waals surface area contributed by atoms with E-state index in [0.29, 0.717) is 46.2 Å². The monoisotopic (exact) mass is 576 g/mol. The van der Waals surface area contributed by atoms with Crippen molar-refractivity contribution in [3.63, 3.8) is 0 Å². The number of aliphatic hydroxyl groups excluding tert-OH is 12. The molecule has 0 aliphatic heterocycles. The summed E-state index contributed by atoms with van der Waals surface area (Å²) in [6, 6.07) is 0. The third kappa shape index (κ3) is 156. The van der Waals surface area contributed by atoms with E-state index in [9.17, 15) is 0 Å². The third-order valence-electron chi connectivity index (χ3n) is 2.06. The van der Waals surface area contributed by atoms with Crippen molar-refractivity contribution in [2.24, 2.45) is 0 Å². The summed E-state index contributed by atoms with van der Waals surface area (Å²) in [6.45, 7) is 9.07. The first-order chi connectivity index (χ1) is 18.1. The highest BCUT2D eigenvalue weighted by molar-refractivity contribution is 4.44. The minimum absolute atomic E-state index is 0.0278. The number of ether oxygens (including phenoxy) is 3. The van der Waals surface area contributed by atoms with E-state index < -0.39 is 6.10 Å². The van der Waals surface area contributed by atoms with E-state index in [-0.39, 0.29) is 65.6 Å². The number of hydrogen-bond donors (Lipinski definition) is 12. The highest BCUT2D eigenvalue weighted by atomic mass is 16.5. The summed E-state index contributed by atoms with van der Waals surface area (Å²) < 4.78 is 14.4. The van der Waals surface area contributed by atoms with Crippen LogP contribution in [0.2, 0.25) is 0 Å². The summed E-state index contributed by atoms with van der Waals surface area (Å²) in [7, 11) is 0. The van der Waals surface area contributed by atoms with Gasteiger partial charge in [0.05, 0.1) is 92.5 Å². The highest BCUT2D eigenvalue weighted by Crippen LogP contribution is 1.76. The van der Waals surface area contributed by atoms with Crippen LogP contribution in [0.1, 0.15) is 34.1 Å². The van der Waals surface area contributed by atoms with Gasteiger partial charge in [-0.2, -0.15) is 0 Å². The van der Waals surface area contributed by atoms with E-state index in [2.05, 4.69) is 4.74 Å². The van der Waals surface area contributed by atoms with Crippen LogP contribution in [0.25, 0.3) is 0 Å². The molecule has 242 valence electrons. The van der Waals surface area contributed by atoms with Crippen molar-refractivity contribution in [3.8, 4) is 0 Å². The topological polar surface area (TPSA) is 270 Å². The van der Waals surface area contributed by atoms with Crippen LogP contribution in [0, 0.1) is 0 Å². The van der Waals surface area contributed by atoms with Gasteiger partial charge in [-0.3, -0.25) is 0 Å². The number of hydrogen-bond acceptors (Lipinski definition) is 15. The molecule has 0 fully saturated rings. The van der Waals surface area contributed by atoms with E-state index in [4.69, 9.17) is 70.8 Å². The van der Waals surface area contributed by atoms with Crippen molar-refractivity contribution >= 4 is 0 Å². The van der Waals surface area contributed by atoms with Crippen molar-refractivity contribution in [2.45, 2.75) is 46.3 Å². The van der Waals surface area contributed by atoms with Crippen molar-refractivity contribution < 1.29 is 75.5 Å². The van der Waals surface area contributed by atoms with Crippen LogP contribution >= 0.6 is 0 Å². The Morgan fingerprint density at radius 2 is 0.658 bits per heavy atom.